The van der Waals surface area contributed by atoms with E-state index >= 15 is 0 Å². The molecular formula is C26H26FN3O4S. The van der Waals surface area contributed by atoms with Crippen LogP contribution in [-0.4, -0.2) is 29.0 Å². The number of nitrogens with zero attached hydrogens (tertiary/aromatic N) is 3. The number of carbonyl (C=O) groups is 1. The SMILES string of the molecule is CCCc1nc2cc(N(Cc3ccc(C)cc3)S(=O)(=O)c3cccc(F)c3)ccc2n1CC(=O)O. The van der Waals surface area contributed by atoms with Crippen LogP contribution in [0.2, 0.25) is 0 Å². The largest absolute Gasteiger partial charge is 0.480 e. The second-order valence-electron chi connectivity index (χ2n) is 8.39. The minimum absolute atomic E-state index is 0.0300. The fraction of sp³-hybridized carbons (Fsp3) is 0.231. The molecule has 0 unspecified atom stereocenters. The average molecular weight is 496 g/mol. The molecule has 0 amide bonds. The number of aromatic nitrogens is 2. The van der Waals surface area contributed by atoms with Gasteiger partial charge in [-0.15, -0.1) is 0 Å². The minimum Gasteiger partial charge on any atom is -0.480 e. The van der Waals surface area contributed by atoms with Crippen molar-refractivity contribution in [2.24, 2.45) is 0 Å². The minimum atomic E-state index is -4.12. The Balaban J connectivity index is 1.85. The van der Waals surface area contributed by atoms with Gasteiger partial charge >= 0.3 is 5.97 Å². The maximum Gasteiger partial charge on any atom is 0.323 e. The van der Waals surface area contributed by atoms with Crippen molar-refractivity contribution in [3.05, 3.63) is 89.5 Å². The quantitative estimate of drug-likeness (QED) is 0.356. The van der Waals surface area contributed by atoms with Gasteiger partial charge in [-0.2, -0.15) is 0 Å². The van der Waals surface area contributed by atoms with E-state index in [2.05, 4.69) is 4.98 Å². The fourth-order valence-electron chi connectivity index (χ4n) is 3.98. The van der Waals surface area contributed by atoms with Crippen molar-refractivity contribution in [3.63, 3.8) is 0 Å². The first-order valence-electron chi connectivity index (χ1n) is 11.2. The maximum atomic E-state index is 13.9. The lowest BCUT2D eigenvalue weighted by Crippen LogP contribution is -2.30. The lowest BCUT2D eigenvalue weighted by Gasteiger charge is -2.25. The summed E-state index contributed by atoms with van der Waals surface area (Å²) in [5, 5.41) is 9.35. The summed E-state index contributed by atoms with van der Waals surface area (Å²) >= 11 is 0. The van der Waals surface area contributed by atoms with Gasteiger partial charge in [0.1, 0.15) is 18.2 Å². The van der Waals surface area contributed by atoms with E-state index in [1.807, 2.05) is 38.1 Å². The number of aryl methyl sites for hydroxylation is 2. The van der Waals surface area contributed by atoms with Crippen molar-refractivity contribution < 1.29 is 22.7 Å². The van der Waals surface area contributed by atoms with E-state index < -0.39 is 21.8 Å². The van der Waals surface area contributed by atoms with Crippen LogP contribution in [0.25, 0.3) is 11.0 Å². The molecule has 1 aromatic heterocycles. The van der Waals surface area contributed by atoms with E-state index in [1.54, 1.807) is 22.8 Å². The Morgan fingerprint density at radius 3 is 2.49 bits per heavy atom. The highest BCUT2D eigenvalue weighted by molar-refractivity contribution is 7.92. The number of benzene rings is 3. The van der Waals surface area contributed by atoms with E-state index in [1.165, 1.54) is 22.5 Å². The Labute approximate surface area is 203 Å². The average Bonchev–Trinajstić information content (AvgIpc) is 3.14. The number of imidazole rings is 1. The van der Waals surface area contributed by atoms with Crippen molar-refractivity contribution in [1.29, 1.82) is 0 Å². The highest BCUT2D eigenvalue weighted by Gasteiger charge is 2.27. The molecule has 9 heteroatoms. The van der Waals surface area contributed by atoms with Gasteiger partial charge in [-0.1, -0.05) is 42.8 Å². The van der Waals surface area contributed by atoms with Gasteiger partial charge < -0.3 is 9.67 Å². The third-order valence-corrected chi connectivity index (χ3v) is 7.47. The second-order valence-corrected chi connectivity index (χ2v) is 10.2. The summed E-state index contributed by atoms with van der Waals surface area (Å²) in [6.45, 7) is 3.72. The first-order valence-corrected chi connectivity index (χ1v) is 12.7. The molecule has 0 atom stereocenters. The molecular weight excluding hydrogens is 469 g/mol. The van der Waals surface area contributed by atoms with Gasteiger partial charge in [0.05, 0.1) is 28.2 Å². The molecule has 3 aromatic carbocycles. The van der Waals surface area contributed by atoms with Gasteiger partial charge in [-0.3, -0.25) is 9.10 Å². The summed E-state index contributed by atoms with van der Waals surface area (Å²) in [7, 11) is -4.12. The normalized spacial score (nSPS) is 11.6. The summed E-state index contributed by atoms with van der Waals surface area (Å²) in [5.41, 5.74) is 3.26. The zero-order chi connectivity index (χ0) is 25.2. The molecule has 0 fully saturated rings. The number of aliphatic carboxylic acids is 1. The molecule has 0 saturated carbocycles. The molecule has 1 N–H and O–H groups in total. The number of hydrogen-bond acceptors (Lipinski definition) is 4. The highest BCUT2D eigenvalue weighted by atomic mass is 32.2. The van der Waals surface area contributed by atoms with Crippen LogP contribution in [0.5, 0.6) is 0 Å². The zero-order valence-electron chi connectivity index (χ0n) is 19.5. The molecule has 0 aliphatic carbocycles. The molecule has 0 bridgehead atoms. The first-order chi connectivity index (χ1) is 16.7. The molecule has 7 nitrogen and oxygen atoms in total. The lowest BCUT2D eigenvalue weighted by atomic mass is 10.1. The van der Waals surface area contributed by atoms with Gasteiger partial charge in [-0.25, -0.2) is 17.8 Å². The van der Waals surface area contributed by atoms with Crippen molar-refractivity contribution >= 4 is 32.7 Å². The van der Waals surface area contributed by atoms with Crippen LogP contribution in [0.4, 0.5) is 10.1 Å². The predicted molar refractivity (Wildman–Crippen MR) is 132 cm³/mol. The Morgan fingerprint density at radius 1 is 1.09 bits per heavy atom. The van der Waals surface area contributed by atoms with Crippen LogP contribution in [0, 0.1) is 12.7 Å². The van der Waals surface area contributed by atoms with Crippen LogP contribution < -0.4 is 4.31 Å². The van der Waals surface area contributed by atoms with Crippen LogP contribution in [-0.2, 0) is 34.3 Å². The number of rotatable bonds is 9. The fourth-order valence-corrected chi connectivity index (χ4v) is 5.46. The summed E-state index contributed by atoms with van der Waals surface area (Å²) < 4.78 is 44.1. The van der Waals surface area contributed by atoms with Gasteiger partial charge in [0.15, 0.2) is 0 Å². The summed E-state index contributed by atoms with van der Waals surface area (Å²) in [6, 6.07) is 17.4. The van der Waals surface area contributed by atoms with Crippen LogP contribution in [0.15, 0.2) is 71.6 Å². The zero-order valence-corrected chi connectivity index (χ0v) is 20.3. The third kappa shape index (κ3) is 5.19. The van der Waals surface area contributed by atoms with Crippen molar-refractivity contribution in [2.45, 2.75) is 44.7 Å². The Kier molecular flexibility index (Phi) is 6.88. The Bertz CT molecular complexity index is 1480. The molecule has 35 heavy (non-hydrogen) atoms. The molecule has 0 radical (unpaired) electrons. The molecule has 0 spiro atoms. The van der Waals surface area contributed by atoms with E-state index in [0.717, 1.165) is 23.6 Å². The number of carboxylic acid groups (broad SMARTS) is 1. The predicted octanol–water partition coefficient (Wildman–Crippen LogP) is 4.92. The molecule has 1 heterocycles. The molecule has 0 aliphatic rings. The number of halogens is 1. The molecule has 182 valence electrons. The Morgan fingerprint density at radius 2 is 1.83 bits per heavy atom. The van der Waals surface area contributed by atoms with Crippen LogP contribution in [0.3, 0.4) is 0 Å². The van der Waals surface area contributed by atoms with Crippen LogP contribution >= 0.6 is 0 Å². The van der Waals surface area contributed by atoms with Crippen molar-refractivity contribution in [1.82, 2.24) is 9.55 Å². The van der Waals surface area contributed by atoms with Gasteiger partial charge in [0.2, 0.25) is 0 Å². The molecule has 4 rings (SSSR count). The van der Waals surface area contributed by atoms with Gasteiger partial charge in [0.25, 0.3) is 10.0 Å². The van der Waals surface area contributed by atoms with E-state index in [0.29, 0.717) is 29.0 Å². The molecule has 0 aliphatic heterocycles. The van der Waals surface area contributed by atoms with Gasteiger partial charge in [-0.05, 0) is 55.3 Å². The van der Waals surface area contributed by atoms with E-state index in [9.17, 15) is 22.7 Å². The second kappa shape index (κ2) is 9.87. The van der Waals surface area contributed by atoms with E-state index in [-0.39, 0.29) is 18.0 Å². The number of fused-ring (bicyclic) bond motifs is 1. The monoisotopic (exact) mass is 495 g/mol. The summed E-state index contributed by atoms with van der Waals surface area (Å²) in [4.78, 5) is 15.9. The maximum absolute atomic E-state index is 13.9. The summed E-state index contributed by atoms with van der Waals surface area (Å²) in [5.74, 6) is -1.01. The van der Waals surface area contributed by atoms with Crippen molar-refractivity contribution in [2.75, 3.05) is 4.31 Å². The third-order valence-electron chi connectivity index (χ3n) is 5.70. The summed E-state index contributed by atoms with van der Waals surface area (Å²) in [6.07, 6.45) is 1.37. The first kappa shape index (κ1) is 24.4. The number of anilines is 1. The number of carboxylic acids is 1. The molecule has 0 saturated heterocycles. The van der Waals surface area contributed by atoms with Crippen molar-refractivity contribution in [3.8, 4) is 0 Å². The van der Waals surface area contributed by atoms with E-state index in [4.69, 9.17) is 0 Å². The van der Waals surface area contributed by atoms with Crippen LogP contribution in [0.1, 0.15) is 30.3 Å². The number of hydrogen-bond donors (Lipinski definition) is 1. The lowest BCUT2D eigenvalue weighted by molar-refractivity contribution is -0.137. The topological polar surface area (TPSA) is 92.5 Å². The molecule has 4 aromatic rings. The highest BCUT2D eigenvalue weighted by Crippen LogP contribution is 2.30. The number of sulfonamides is 1. The smallest absolute Gasteiger partial charge is 0.323 e. The standard InChI is InChI=1S/C26H26FN3O4S/c1-3-5-25-28-23-15-21(12-13-24(23)29(25)17-26(31)32)30(16-19-10-8-18(2)9-11-19)35(33,34)22-7-4-6-20(27)14-22/h4,6-15H,3,5,16-17H2,1-2H3,(H,31,32). The van der Waals surface area contributed by atoms with Gasteiger partial charge in [0, 0.05) is 6.42 Å². The Hall–Kier alpha value is -3.72.